The van der Waals surface area contributed by atoms with E-state index in [1.165, 1.54) is 11.8 Å². The number of thioether (sulfide) groups is 1. The Morgan fingerprint density at radius 2 is 2.00 bits per heavy atom. The number of hydrogen-bond donors (Lipinski definition) is 2. The molecule has 1 amide bonds. The molecule has 6 nitrogen and oxygen atoms in total. The Kier molecular flexibility index (Phi) is 6.52. The molecule has 0 atom stereocenters. The molecule has 0 bridgehead atoms. The minimum atomic E-state index is -0.492. The maximum atomic E-state index is 12.0. The first kappa shape index (κ1) is 20.1. The molecule has 0 fully saturated rings. The van der Waals surface area contributed by atoms with Crippen molar-refractivity contribution in [3.05, 3.63) is 58.6 Å². The zero-order valence-electron chi connectivity index (χ0n) is 13.8. The molecule has 0 aliphatic rings. The standard InChI is InChI=1S/C17H16ClN5OS.ClH/c1-25-17-21-13-8-10(15(24)22-16(19)20)6-7-14(13)23(17)9-11-4-2-3-5-12(11)18;/h2-8H,9H2,1H3,(H4,19,20,22,24);1H. The topological polar surface area (TPSA) is 99.3 Å². The second-order valence-electron chi connectivity index (χ2n) is 5.32. The number of carbonyl (C=O) groups is 1. The first-order valence-corrected chi connectivity index (χ1v) is 9.01. The molecular formula is C17H17Cl2N5OS. The van der Waals surface area contributed by atoms with Gasteiger partial charge in [0.05, 0.1) is 17.6 Å². The molecule has 9 heteroatoms. The van der Waals surface area contributed by atoms with Gasteiger partial charge in [0.25, 0.3) is 5.91 Å². The van der Waals surface area contributed by atoms with Gasteiger partial charge in [0.15, 0.2) is 11.1 Å². The Labute approximate surface area is 166 Å². The Balaban J connectivity index is 0.00000243. The molecule has 2 aromatic carbocycles. The van der Waals surface area contributed by atoms with Crippen molar-refractivity contribution in [2.75, 3.05) is 6.26 Å². The van der Waals surface area contributed by atoms with Crippen LogP contribution in [0.25, 0.3) is 11.0 Å². The van der Waals surface area contributed by atoms with Gasteiger partial charge in [-0.1, -0.05) is 41.6 Å². The third kappa shape index (κ3) is 4.12. The zero-order chi connectivity index (χ0) is 18.0. The molecule has 0 saturated carbocycles. The van der Waals surface area contributed by atoms with Crippen molar-refractivity contribution < 1.29 is 4.79 Å². The molecule has 26 heavy (non-hydrogen) atoms. The average Bonchev–Trinajstić information content (AvgIpc) is 2.93. The molecule has 3 aromatic rings. The number of hydrogen-bond acceptors (Lipinski definition) is 3. The summed E-state index contributed by atoms with van der Waals surface area (Å²) in [6, 6.07) is 12.9. The summed E-state index contributed by atoms with van der Waals surface area (Å²) >= 11 is 7.81. The molecule has 3 rings (SSSR count). The smallest absolute Gasteiger partial charge is 0.280 e. The summed E-state index contributed by atoms with van der Waals surface area (Å²) in [5.41, 5.74) is 13.5. The van der Waals surface area contributed by atoms with E-state index in [4.69, 9.17) is 23.1 Å². The number of benzene rings is 2. The van der Waals surface area contributed by atoms with E-state index in [9.17, 15) is 4.79 Å². The van der Waals surface area contributed by atoms with Crippen LogP contribution in [0.2, 0.25) is 5.02 Å². The number of fused-ring (bicyclic) bond motifs is 1. The Hall–Kier alpha value is -2.22. The van der Waals surface area contributed by atoms with Crippen LogP contribution in [0.15, 0.2) is 52.6 Å². The van der Waals surface area contributed by atoms with Crippen LogP contribution in [-0.4, -0.2) is 27.7 Å². The van der Waals surface area contributed by atoms with Crippen molar-refractivity contribution in [1.82, 2.24) is 9.55 Å². The lowest BCUT2D eigenvalue weighted by Gasteiger charge is -2.09. The summed E-state index contributed by atoms with van der Waals surface area (Å²) < 4.78 is 2.07. The summed E-state index contributed by atoms with van der Waals surface area (Å²) in [5, 5.41) is 1.54. The number of halogens is 2. The second-order valence-corrected chi connectivity index (χ2v) is 6.50. The van der Waals surface area contributed by atoms with Crippen molar-refractivity contribution in [2.45, 2.75) is 11.7 Å². The minimum absolute atomic E-state index is 0. The minimum Gasteiger partial charge on any atom is -0.370 e. The van der Waals surface area contributed by atoms with E-state index in [-0.39, 0.29) is 18.4 Å². The van der Waals surface area contributed by atoms with Gasteiger partial charge in [0.1, 0.15) is 0 Å². The molecule has 0 aliphatic heterocycles. The van der Waals surface area contributed by atoms with Gasteiger partial charge in [0, 0.05) is 10.6 Å². The highest BCUT2D eigenvalue weighted by molar-refractivity contribution is 7.98. The van der Waals surface area contributed by atoms with Gasteiger partial charge < -0.3 is 16.0 Å². The number of nitrogens with two attached hydrogens (primary N) is 2. The average molecular weight is 410 g/mol. The van der Waals surface area contributed by atoms with Gasteiger partial charge in [-0.25, -0.2) is 4.98 Å². The summed E-state index contributed by atoms with van der Waals surface area (Å²) in [7, 11) is 0. The van der Waals surface area contributed by atoms with E-state index in [0.717, 1.165) is 16.2 Å². The Morgan fingerprint density at radius 3 is 2.65 bits per heavy atom. The molecule has 0 aliphatic carbocycles. The van der Waals surface area contributed by atoms with Crippen molar-refractivity contribution >= 4 is 58.7 Å². The number of nitrogens with zero attached hydrogens (tertiary/aromatic N) is 3. The van der Waals surface area contributed by atoms with Gasteiger partial charge in [-0.05, 0) is 36.1 Å². The summed E-state index contributed by atoms with van der Waals surface area (Å²) in [6.07, 6.45) is 1.95. The third-order valence-corrected chi connectivity index (χ3v) is 4.71. The number of rotatable bonds is 4. The lowest BCUT2D eigenvalue weighted by molar-refractivity contribution is 0.100. The quantitative estimate of drug-likeness (QED) is 0.391. The molecule has 0 radical (unpaired) electrons. The molecule has 1 heterocycles. The summed E-state index contributed by atoms with van der Waals surface area (Å²) in [4.78, 5) is 20.1. The van der Waals surface area contributed by atoms with Crippen LogP contribution in [0.1, 0.15) is 15.9 Å². The predicted molar refractivity (Wildman–Crippen MR) is 109 cm³/mol. The van der Waals surface area contributed by atoms with Crippen LogP contribution in [0.3, 0.4) is 0 Å². The lowest BCUT2D eigenvalue weighted by atomic mass is 10.2. The normalized spacial score (nSPS) is 10.4. The fraction of sp³-hybridized carbons (Fsp3) is 0.118. The zero-order valence-corrected chi connectivity index (χ0v) is 16.2. The first-order valence-electron chi connectivity index (χ1n) is 7.41. The third-order valence-electron chi connectivity index (χ3n) is 3.66. The number of aliphatic imine (C=N–C) groups is 1. The molecular weight excluding hydrogens is 393 g/mol. The highest BCUT2D eigenvalue weighted by Crippen LogP contribution is 2.26. The predicted octanol–water partition coefficient (Wildman–Crippen LogP) is 3.30. The van der Waals surface area contributed by atoms with Crippen LogP contribution < -0.4 is 11.5 Å². The molecule has 0 spiro atoms. The van der Waals surface area contributed by atoms with E-state index in [1.807, 2.05) is 36.6 Å². The first-order chi connectivity index (χ1) is 12.0. The van der Waals surface area contributed by atoms with E-state index in [0.29, 0.717) is 22.6 Å². The highest BCUT2D eigenvalue weighted by Gasteiger charge is 2.14. The number of amides is 1. The van der Waals surface area contributed by atoms with E-state index in [2.05, 4.69) is 14.5 Å². The maximum absolute atomic E-state index is 12.0. The van der Waals surface area contributed by atoms with Crippen molar-refractivity contribution in [3.63, 3.8) is 0 Å². The number of carbonyl (C=O) groups excluding carboxylic acids is 1. The molecule has 0 saturated heterocycles. The van der Waals surface area contributed by atoms with E-state index in [1.54, 1.807) is 12.1 Å². The number of aromatic nitrogens is 2. The van der Waals surface area contributed by atoms with Gasteiger partial charge in [-0.2, -0.15) is 4.99 Å². The van der Waals surface area contributed by atoms with Crippen LogP contribution >= 0.6 is 35.8 Å². The summed E-state index contributed by atoms with van der Waals surface area (Å²) in [5.74, 6) is -0.757. The van der Waals surface area contributed by atoms with Crippen LogP contribution in [0.4, 0.5) is 0 Å². The maximum Gasteiger partial charge on any atom is 0.280 e. The van der Waals surface area contributed by atoms with E-state index >= 15 is 0 Å². The molecule has 1 aromatic heterocycles. The molecule has 136 valence electrons. The number of guanidine groups is 1. The van der Waals surface area contributed by atoms with Gasteiger partial charge in [-0.15, -0.1) is 12.4 Å². The fourth-order valence-electron chi connectivity index (χ4n) is 2.53. The van der Waals surface area contributed by atoms with Gasteiger partial charge in [0.2, 0.25) is 0 Å². The van der Waals surface area contributed by atoms with Gasteiger partial charge >= 0.3 is 0 Å². The van der Waals surface area contributed by atoms with Crippen molar-refractivity contribution in [3.8, 4) is 0 Å². The van der Waals surface area contributed by atoms with Crippen LogP contribution in [-0.2, 0) is 6.54 Å². The molecule has 0 unspecified atom stereocenters. The SMILES string of the molecule is CSc1nc2cc(C(=O)N=C(N)N)ccc2n1Cc1ccccc1Cl.Cl. The van der Waals surface area contributed by atoms with Crippen LogP contribution in [0.5, 0.6) is 0 Å². The largest absolute Gasteiger partial charge is 0.370 e. The number of imidazole rings is 1. The lowest BCUT2D eigenvalue weighted by Crippen LogP contribution is -2.24. The van der Waals surface area contributed by atoms with Crippen molar-refractivity contribution in [2.24, 2.45) is 16.5 Å². The van der Waals surface area contributed by atoms with E-state index < -0.39 is 5.91 Å². The molecule has 4 N–H and O–H groups in total. The summed E-state index contributed by atoms with van der Waals surface area (Å²) in [6.45, 7) is 0.591. The second kappa shape index (κ2) is 8.44. The Bertz CT molecular complexity index is 982. The fourth-order valence-corrected chi connectivity index (χ4v) is 3.30. The highest BCUT2D eigenvalue weighted by atomic mass is 35.5. The Morgan fingerprint density at radius 1 is 1.27 bits per heavy atom. The van der Waals surface area contributed by atoms with Crippen LogP contribution in [0, 0.1) is 0 Å². The van der Waals surface area contributed by atoms with Crippen molar-refractivity contribution in [1.29, 1.82) is 0 Å². The monoisotopic (exact) mass is 409 g/mol. The van der Waals surface area contributed by atoms with Gasteiger partial charge in [-0.3, -0.25) is 4.79 Å².